The standard InChI is InChI=1S/C14H11F2N3OS/c15-8-2-1-3-9(16)12(8)14(20)19-7-4-5-11(19)13-10(6-7)17-18-21-13/h1-3,7,11H,4-6H2. The molecule has 1 aromatic carbocycles. The summed E-state index contributed by atoms with van der Waals surface area (Å²) in [4.78, 5) is 15.2. The zero-order chi connectivity index (χ0) is 14.6. The minimum Gasteiger partial charge on any atom is -0.327 e. The predicted octanol–water partition coefficient (Wildman–Crippen LogP) is 2.72. The van der Waals surface area contributed by atoms with Crippen LogP contribution in [0.15, 0.2) is 18.2 Å². The van der Waals surface area contributed by atoms with Crippen LogP contribution in [-0.4, -0.2) is 26.4 Å². The molecule has 21 heavy (non-hydrogen) atoms. The highest BCUT2D eigenvalue weighted by molar-refractivity contribution is 7.05. The Morgan fingerprint density at radius 2 is 2.05 bits per heavy atom. The Kier molecular flexibility index (Phi) is 2.78. The molecule has 0 spiro atoms. The molecular weight excluding hydrogens is 296 g/mol. The summed E-state index contributed by atoms with van der Waals surface area (Å²) < 4.78 is 31.6. The second kappa shape index (κ2) is 4.56. The van der Waals surface area contributed by atoms with Crippen LogP contribution in [0, 0.1) is 11.6 Å². The molecule has 2 aliphatic heterocycles. The number of benzene rings is 1. The highest BCUT2D eigenvalue weighted by Gasteiger charge is 2.45. The SMILES string of the molecule is O=C(c1c(F)cccc1F)N1C2CCC1c1snnc1C2. The molecule has 3 heterocycles. The number of carbonyl (C=O) groups excluding carboxylic acids is 1. The van der Waals surface area contributed by atoms with Gasteiger partial charge < -0.3 is 4.90 Å². The van der Waals surface area contributed by atoms with Gasteiger partial charge in [0.05, 0.1) is 16.6 Å². The van der Waals surface area contributed by atoms with Crippen molar-refractivity contribution >= 4 is 17.4 Å². The van der Waals surface area contributed by atoms with Crippen molar-refractivity contribution in [3.05, 3.63) is 46.0 Å². The summed E-state index contributed by atoms with van der Waals surface area (Å²) in [6, 6.07) is 3.30. The van der Waals surface area contributed by atoms with E-state index in [9.17, 15) is 13.6 Å². The molecule has 0 saturated carbocycles. The number of halogens is 2. The van der Waals surface area contributed by atoms with Crippen LogP contribution in [0.3, 0.4) is 0 Å². The van der Waals surface area contributed by atoms with Gasteiger partial charge in [-0.15, -0.1) is 5.10 Å². The van der Waals surface area contributed by atoms with Gasteiger partial charge in [-0.3, -0.25) is 4.79 Å². The maximum Gasteiger partial charge on any atom is 0.260 e. The number of hydrogen-bond acceptors (Lipinski definition) is 4. The quantitative estimate of drug-likeness (QED) is 0.814. The van der Waals surface area contributed by atoms with E-state index in [2.05, 4.69) is 9.59 Å². The maximum absolute atomic E-state index is 13.9. The first-order valence-electron chi connectivity index (χ1n) is 6.74. The summed E-state index contributed by atoms with van der Waals surface area (Å²) >= 11 is 1.27. The minimum absolute atomic E-state index is 0.0436. The Bertz CT molecular complexity index is 713. The van der Waals surface area contributed by atoms with Gasteiger partial charge in [-0.1, -0.05) is 10.6 Å². The third-order valence-corrected chi connectivity index (χ3v) is 5.10. The van der Waals surface area contributed by atoms with Crippen molar-refractivity contribution in [1.82, 2.24) is 14.5 Å². The lowest BCUT2D eigenvalue weighted by atomic mass is 10.0. The van der Waals surface area contributed by atoms with Gasteiger partial charge in [0.25, 0.3) is 5.91 Å². The summed E-state index contributed by atoms with van der Waals surface area (Å²) in [7, 11) is 0. The van der Waals surface area contributed by atoms with Crippen molar-refractivity contribution in [2.45, 2.75) is 31.3 Å². The zero-order valence-corrected chi connectivity index (χ0v) is 11.7. The first kappa shape index (κ1) is 12.8. The van der Waals surface area contributed by atoms with Gasteiger partial charge in [-0.05, 0) is 36.5 Å². The van der Waals surface area contributed by atoms with Gasteiger partial charge >= 0.3 is 0 Å². The summed E-state index contributed by atoms with van der Waals surface area (Å²) in [5.74, 6) is -2.20. The van der Waals surface area contributed by atoms with E-state index in [1.54, 1.807) is 4.90 Å². The van der Waals surface area contributed by atoms with Crippen molar-refractivity contribution < 1.29 is 13.6 Å². The lowest BCUT2D eigenvalue weighted by molar-refractivity contribution is 0.0638. The van der Waals surface area contributed by atoms with E-state index < -0.39 is 23.1 Å². The average Bonchev–Trinajstić information content (AvgIpc) is 3.03. The number of hydrogen-bond donors (Lipinski definition) is 0. The number of carbonyl (C=O) groups is 1. The van der Waals surface area contributed by atoms with E-state index >= 15 is 0 Å². The van der Waals surface area contributed by atoms with Crippen LogP contribution in [-0.2, 0) is 6.42 Å². The Morgan fingerprint density at radius 3 is 2.81 bits per heavy atom. The molecular formula is C14H11F2N3OS. The number of fused-ring (bicyclic) bond motifs is 4. The fraction of sp³-hybridized carbons (Fsp3) is 0.357. The van der Waals surface area contributed by atoms with E-state index in [1.807, 2.05) is 0 Å². The van der Waals surface area contributed by atoms with Crippen LogP contribution in [0.2, 0.25) is 0 Å². The van der Waals surface area contributed by atoms with Crippen LogP contribution >= 0.6 is 11.5 Å². The molecule has 2 aliphatic rings. The zero-order valence-electron chi connectivity index (χ0n) is 10.9. The van der Waals surface area contributed by atoms with Crippen molar-refractivity contribution in [2.75, 3.05) is 0 Å². The third-order valence-electron chi connectivity index (χ3n) is 4.23. The van der Waals surface area contributed by atoms with Crippen molar-refractivity contribution in [3.8, 4) is 0 Å². The molecule has 7 heteroatoms. The number of rotatable bonds is 1. The van der Waals surface area contributed by atoms with Crippen molar-refractivity contribution in [2.24, 2.45) is 0 Å². The van der Waals surface area contributed by atoms with E-state index in [1.165, 1.54) is 17.6 Å². The van der Waals surface area contributed by atoms with Gasteiger partial charge in [-0.2, -0.15) is 0 Å². The molecule has 2 aromatic rings. The Labute approximate surface area is 123 Å². The number of nitrogens with zero attached hydrogens (tertiary/aromatic N) is 3. The summed E-state index contributed by atoms with van der Waals surface area (Å²) in [6.45, 7) is 0. The molecule has 1 saturated heterocycles. The Morgan fingerprint density at radius 1 is 1.29 bits per heavy atom. The molecule has 4 rings (SSSR count). The van der Waals surface area contributed by atoms with Crippen LogP contribution in [0.4, 0.5) is 8.78 Å². The molecule has 0 aliphatic carbocycles. The second-order valence-electron chi connectivity index (χ2n) is 5.34. The molecule has 1 aromatic heterocycles. The lowest BCUT2D eigenvalue weighted by Gasteiger charge is -2.33. The van der Waals surface area contributed by atoms with Gasteiger partial charge in [0, 0.05) is 12.5 Å². The largest absolute Gasteiger partial charge is 0.327 e. The van der Waals surface area contributed by atoms with Crippen LogP contribution in [0.25, 0.3) is 0 Å². The molecule has 108 valence electrons. The lowest BCUT2D eigenvalue weighted by Crippen LogP contribution is -2.42. The van der Waals surface area contributed by atoms with Crippen LogP contribution in [0.1, 0.15) is 39.8 Å². The normalized spacial score (nSPS) is 23.2. The smallest absolute Gasteiger partial charge is 0.260 e. The van der Waals surface area contributed by atoms with E-state index in [0.29, 0.717) is 6.42 Å². The fourth-order valence-corrected chi connectivity index (χ4v) is 4.12. The molecule has 1 fully saturated rings. The van der Waals surface area contributed by atoms with E-state index in [0.717, 1.165) is 35.5 Å². The first-order valence-corrected chi connectivity index (χ1v) is 7.52. The fourth-order valence-electron chi connectivity index (χ4n) is 3.31. The number of amides is 1. The van der Waals surface area contributed by atoms with Gasteiger partial charge in [0.2, 0.25) is 0 Å². The Hall–Kier alpha value is -1.89. The second-order valence-corrected chi connectivity index (χ2v) is 6.13. The maximum atomic E-state index is 13.9. The summed E-state index contributed by atoms with van der Waals surface area (Å²) in [6.07, 6.45) is 2.24. The van der Waals surface area contributed by atoms with Gasteiger partial charge in [0.1, 0.15) is 17.2 Å². The predicted molar refractivity (Wildman–Crippen MR) is 71.9 cm³/mol. The molecule has 1 amide bonds. The summed E-state index contributed by atoms with van der Waals surface area (Å²) in [5.41, 5.74) is 0.459. The van der Waals surface area contributed by atoms with Crippen LogP contribution < -0.4 is 0 Å². The molecule has 0 radical (unpaired) electrons. The summed E-state index contributed by atoms with van der Waals surface area (Å²) in [5, 5.41) is 4.08. The minimum atomic E-state index is -0.812. The van der Waals surface area contributed by atoms with E-state index in [-0.39, 0.29) is 12.1 Å². The van der Waals surface area contributed by atoms with Crippen molar-refractivity contribution in [3.63, 3.8) is 0 Å². The van der Waals surface area contributed by atoms with Gasteiger partial charge in [0.15, 0.2) is 0 Å². The monoisotopic (exact) mass is 307 g/mol. The third kappa shape index (κ3) is 1.80. The van der Waals surface area contributed by atoms with Crippen LogP contribution in [0.5, 0.6) is 0 Å². The first-order chi connectivity index (χ1) is 10.2. The average molecular weight is 307 g/mol. The van der Waals surface area contributed by atoms with Gasteiger partial charge in [-0.25, -0.2) is 8.78 Å². The van der Waals surface area contributed by atoms with Crippen molar-refractivity contribution in [1.29, 1.82) is 0 Å². The Balaban J connectivity index is 1.77. The molecule has 0 N–H and O–H groups in total. The number of aromatic nitrogens is 2. The molecule has 2 unspecified atom stereocenters. The highest BCUT2D eigenvalue weighted by atomic mass is 32.1. The molecule has 2 atom stereocenters. The highest BCUT2D eigenvalue weighted by Crippen LogP contribution is 2.45. The molecule has 2 bridgehead atoms. The molecule has 4 nitrogen and oxygen atoms in total. The topological polar surface area (TPSA) is 46.1 Å². The van der Waals surface area contributed by atoms with E-state index in [4.69, 9.17) is 0 Å².